The molecule has 1 unspecified atom stereocenters. The van der Waals surface area contributed by atoms with E-state index in [1.54, 1.807) is 7.11 Å². The Bertz CT molecular complexity index is 1250. The van der Waals surface area contributed by atoms with Crippen LogP contribution in [-0.4, -0.2) is 44.5 Å². The van der Waals surface area contributed by atoms with Gasteiger partial charge in [-0.1, -0.05) is 50.2 Å². The molecule has 7 heteroatoms. The summed E-state index contributed by atoms with van der Waals surface area (Å²) in [6.07, 6.45) is 1.84. The molecule has 0 radical (unpaired) electrons. The quantitative estimate of drug-likeness (QED) is 0.346. The number of hydrogen-bond acceptors (Lipinski definition) is 7. The second-order valence-corrected chi connectivity index (χ2v) is 8.98. The lowest BCUT2D eigenvalue weighted by atomic mass is 9.98. The second-order valence-electron chi connectivity index (χ2n) is 8.98. The minimum Gasteiger partial charge on any atom is -0.495 e. The molecule has 0 saturated carbocycles. The van der Waals surface area contributed by atoms with Crippen LogP contribution in [0.3, 0.4) is 0 Å². The van der Waals surface area contributed by atoms with Gasteiger partial charge in [0.2, 0.25) is 5.79 Å². The van der Waals surface area contributed by atoms with Crippen molar-refractivity contribution in [3.63, 3.8) is 0 Å². The predicted molar refractivity (Wildman–Crippen MR) is 152 cm³/mol. The van der Waals surface area contributed by atoms with E-state index in [0.717, 1.165) is 64.9 Å². The summed E-state index contributed by atoms with van der Waals surface area (Å²) in [5.74, 6) is 1.13. The van der Waals surface area contributed by atoms with E-state index in [2.05, 4.69) is 48.4 Å². The normalized spacial score (nSPS) is 17.0. The average molecular weight is 500 g/mol. The zero-order valence-corrected chi connectivity index (χ0v) is 22.1. The molecule has 1 aliphatic rings. The molecular weight excluding hydrogens is 462 g/mol. The Morgan fingerprint density at radius 3 is 2.38 bits per heavy atom. The van der Waals surface area contributed by atoms with Crippen molar-refractivity contribution in [3.05, 3.63) is 95.3 Å². The van der Waals surface area contributed by atoms with Gasteiger partial charge in [-0.15, -0.1) is 0 Å². The monoisotopic (exact) mass is 499 g/mol. The third-order valence-corrected chi connectivity index (χ3v) is 6.65. The lowest BCUT2D eigenvalue weighted by Gasteiger charge is -2.34. The molecule has 0 fully saturated rings. The molecular formula is C30H37N5O2. The zero-order valence-electron chi connectivity index (χ0n) is 22.1. The van der Waals surface area contributed by atoms with E-state index in [0.29, 0.717) is 6.61 Å². The van der Waals surface area contributed by atoms with Gasteiger partial charge in [0.05, 0.1) is 12.8 Å². The summed E-state index contributed by atoms with van der Waals surface area (Å²) >= 11 is 0. The minimum absolute atomic E-state index is 0.640. The molecule has 0 saturated heterocycles. The molecule has 7 nitrogen and oxygen atoms in total. The molecule has 0 spiro atoms. The number of aliphatic imine (C=N–C) groups is 1. The Balaban J connectivity index is 1.60. The van der Waals surface area contributed by atoms with Crippen molar-refractivity contribution in [2.75, 3.05) is 38.7 Å². The number of benzene rings is 3. The number of aryl methyl sites for hydroxylation is 1. The molecule has 0 aliphatic carbocycles. The van der Waals surface area contributed by atoms with Crippen LogP contribution in [0.4, 0.5) is 5.69 Å². The summed E-state index contributed by atoms with van der Waals surface area (Å²) in [6.45, 7) is 9.97. The van der Waals surface area contributed by atoms with Crippen molar-refractivity contribution < 1.29 is 9.47 Å². The van der Waals surface area contributed by atoms with Gasteiger partial charge in [0.25, 0.3) is 0 Å². The Hall–Kier alpha value is -3.81. The van der Waals surface area contributed by atoms with Gasteiger partial charge >= 0.3 is 0 Å². The molecule has 0 amide bonds. The molecule has 4 N–H and O–H groups in total. The topological polar surface area (TPSA) is 84.1 Å². The second kappa shape index (κ2) is 12.0. The SMILES string of the molecule is CCN(CC)CCOc1ccc(C2(N)N=CC(c3ccccc3C)=C(Nc3ccccc3OC)N2)cc1. The maximum Gasteiger partial charge on any atom is 0.210 e. The lowest BCUT2D eigenvalue weighted by Crippen LogP contribution is -2.51. The molecule has 0 aromatic heterocycles. The average Bonchev–Trinajstić information content (AvgIpc) is 2.92. The largest absolute Gasteiger partial charge is 0.495 e. The van der Waals surface area contributed by atoms with Crippen LogP contribution in [0.15, 0.2) is 83.6 Å². The van der Waals surface area contributed by atoms with Crippen LogP contribution in [0, 0.1) is 6.92 Å². The maximum atomic E-state index is 6.84. The maximum absolute atomic E-state index is 6.84. The summed E-state index contributed by atoms with van der Waals surface area (Å²) in [4.78, 5) is 7.10. The molecule has 3 aromatic carbocycles. The first kappa shape index (κ1) is 26.3. The first-order valence-corrected chi connectivity index (χ1v) is 12.8. The van der Waals surface area contributed by atoms with E-state index in [9.17, 15) is 0 Å². The molecule has 3 aromatic rings. The van der Waals surface area contributed by atoms with Gasteiger partial charge in [-0.2, -0.15) is 0 Å². The van der Waals surface area contributed by atoms with E-state index < -0.39 is 5.79 Å². The van der Waals surface area contributed by atoms with Crippen LogP contribution in [0.25, 0.3) is 5.57 Å². The van der Waals surface area contributed by atoms with Crippen LogP contribution < -0.4 is 25.8 Å². The standard InChI is InChI=1S/C30H37N5O2/c1-5-35(6-2)19-20-37-24-17-15-23(16-18-24)30(31)32-21-26(25-12-8-7-11-22(25)3)29(34-30)33-27-13-9-10-14-28(27)36-4/h7-18,21,33-34H,5-6,19-20,31H2,1-4H3. The van der Waals surface area contributed by atoms with Crippen LogP contribution in [0.1, 0.15) is 30.5 Å². The van der Waals surface area contributed by atoms with Gasteiger partial charge < -0.3 is 25.0 Å². The number of allylic oxidation sites excluding steroid dienone is 1. The number of nitrogens with zero attached hydrogens (tertiary/aromatic N) is 2. The van der Waals surface area contributed by atoms with Gasteiger partial charge in [0.1, 0.15) is 23.9 Å². The molecule has 0 bridgehead atoms. The highest BCUT2D eigenvalue weighted by Gasteiger charge is 2.32. The Morgan fingerprint density at radius 1 is 0.973 bits per heavy atom. The molecule has 194 valence electrons. The van der Waals surface area contributed by atoms with E-state index in [1.807, 2.05) is 66.9 Å². The van der Waals surface area contributed by atoms with Crippen molar-refractivity contribution in [3.8, 4) is 11.5 Å². The summed E-state index contributed by atoms with van der Waals surface area (Å²) < 4.78 is 11.5. The number of hydrogen-bond donors (Lipinski definition) is 3. The van der Waals surface area contributed by atoms with Crippen molar-refractivity contribution in [1.82, 2.24) is 10.2 Å². The predicted octanol–water partition coefficient (Wildman–Crippen LogP) is 4.95. The number of methoxy groups -OCH3 is 1. The van der Waals surface area contributed by atoms with Crippen LogP contribution in [0.5, 0.6) is 11.5 Å². The van der Waals surface area contributed by atoms with E-state index >= 15 is 0 Å². The fraction of sp³-hybridized carbons (Fsp3) is 0.300. The fourth-order valence-electron chi connectivity index (χ4n) is 4.37. The van der Waals surface area contributed by atoms with Crippen molar-refractivity contribution in [1.29, 1.82) is 0 Å². The number of anilines is 1. The van der Waals surface area contributed by atoms with Gasteiger partial charge in [0.15, 0.2) is 0 Å². The third kappa shape index (κ3) is 6.13. The van der Waals surface area contributed by atoms with Gasteiger partial charge in [0, 0.05) is 23.9 Å². The lowest BCUT2D eigenvalue weighted by molar-refractivity contribution is 0.222. The fourth-order valence-corrected chi connectivity index (χ4v) is 4.37. The number of para-hydroxylation sites is 2. The van der Waals surface area contributed by atoms with Crippen LogP contribution in [-0.2, 0) is 5.79 Å². The Labute approximate surface area is 220 Å². The first-order chi connectivity index (χ1) is 18.0. The zero-order chi connectivity index (χ0) is 26.3. The molecule has 1 atom stereocenters. The smallest absolute Gasteiger partial charge is 0.210 e. The van der Waals surface area contributed by atoms with E-state index in [1.165, 1.54) is 0 Å². The van der Waals surface area contributed by atoms with Crippen molar-refractivity contribution in [2.45, 2.75) is 26.6 Å². The number of likely N-dealkylation sites (N-methyl/N-ethyl adjacent to an activating group) is 1. The van der Waals surface area contributed by atoms with Gasteiger partial charge in [-0.3, -0.25) is 5.73 Å². The molecule has 1 heterocycles. The highest BCUT2D eigenvalue weighted by Crippen LogP contribution is 2.32. The number of nitrogens with one attached hydrogen (secondary N) is 2. The van der Waals surface area contributed by atoms with Crippen molar-refractivity contribution in [2.24, 2.45) is 10.7 Å². The van der Waals surface area contributed by atoms with Crippen molar-refractivity contribution >= 4 is 17.5 Å². The molecule has 1 aliphatic heterocycles. The van der Waals surface area contributed by atoms with E-state index in [-0.39, 0.29) is 0 Å². The van der Waals surface area contributed by atoms with Crippen LogP contribution >= 0.6 is 0 Å². The minimum atomic E-state index is -1.16. The highest BCUT2D eigenvalue weighted by atomic mass is 16.5. The summed E-state index contributed by atoms with van der Waals surface area (Å²) in [6, 6.07) is 23.8. The Morgan fingerprint density at radius 2 is 1.68 bits per heavy atom. The number of rotatable bonds is 11. The van der Waals surface area contributed by atoms with Gasteiger partial charge in [-0.05, 0) is 67.5 Å². The van der Waals surface area contributed by atoms with Crippen LogP contribution in [0.2, 0.25) is 0 Å². The molecule has 37 heavy (non-hydrogen) atoms. The third-order valence-electron chi connectivity index (χ3n) is 6.65. The summed E-state index contributed by atoms with van der Waals surface area (Å²) in [7, 11) is 1.66. The summed E-state index contributed by atoms with van der Waals surface area (Å²) in [5, 5.41) is 6.96. The number of ether oxygens (including phenoxy) is 2. The van der Waals surface area contributed by atoms with E-state index in [4.69, 9.17) is 20.2 Å². The number of nitrogens with two attached hydrogens (primary N) is 1. The Kier molecular flexibility index (Phi) is 8.48. The highest BCUT2D eigenvalue weighted by molar-refractivity contribution is 6.12. The summed E-state index contributed by atoms with van der Waals surface area (Å²) in [5.41, 5.74) is 11.6. The van der Waals surface area contributed by atoms with Gasteiger partial charge in [-0.25, -0.2) is 4.99 Å². The molecule has 4 rings (SSSR count). The first-order valence-electron chi connectivity index (χ1n) is 12.8.